The Morgan fingerprint density at radius 1 is 1.11 bits per heavy atom. The first-order valence-corrected chi connectivity index (χ1v) is 7.84. The molecule has 0 saturated carbocycles. The number of halogens is 1. The van der Waals surface area contributed by atoms with E-state index >= 15 is 0 Å². The topological polar surface area (TPSA) is 25.8 Å². The molecule has 98 valence electrons. The number of hydrogen-bond donors (Lipinski definition) is 0. The molecule has 0 N–H and O–H groups in total. The molecule has 0 fully saturated rings. The highest BCUT2D eigenvalue weighted by Gasteiger charge is 2.18. The fourth-order valence-corrected chi connectivity index (χ4v) is 3.89. The zero-order valence-electron chi connectivity index (χ0n) is 11.0. The van der Waals surface area contributed by atoms with Gasteiger partial charge in [0.05, 0.1) is 5.69 Å². The van der Waals surface area contributed by atoms with Crippen molar-refractivity contribution in [2.24, 2.45) is 0 Å². The maximum absolute atomic E-state index is 6.24. The van der Waals surface area contributed by atoms with Crippen molar-refractivity contribution >= 4 is 23.4 Å². The summed E-state index contributed by atoms with van der Waals surface area (Å²) in [7, 11) is 0. The van der Waals surface area contributed by atoms with Crippen molar-refractivity contribution in [3.8, 4) is 0 Å². The van der Waals surface area contributed by atoms with Crippen molar-refractivity contribution in [3.63, 3.8) is 0 Å². The van der Waals surface area contributed by atoms with Crippen LogP contribution in [0.5, 0.6) is 0 Å². The minimum atomic E-state index is 0.634. The molecule has 0 unspecified atom stereocenters. The molecule has 3 rings (SSSR count). The molecule has 0 saturated heterocycles. The van der Waals surface area contributed by atoms with E-state index in [1.54, 1.807) is 0 Å². The highest BCUT2D eigenvalue weighted by Crippen LogP contribution is 2.32. The molecule has 19 heavy (non-hydrogen) atoms. The summed E-state index contributed by atoms with van der Waals surface area (Å²) in [4.78, 5) is 9.09. The Hall–Kier alpha value is -1.06. The van der Waals surface area contributed by atoms with Crippen molar-refractivity contribution in [1.82, 2.24) is 9.97 Å². The van der Waals surface area contributed by atoms with E-state index in [0.717, 1.165) is 35.0 Å². The van der Waals surface area contributed by atoms with Gasteiger partial charge in [0.15, 0.2) is 0 Å². The average molecular weight is 291 g/mol. The number of aromatic nitrogens is 2. The Labute approximate surface area is 122 Å². The van der Waals surface area contributed by atoms with Crippen molar-refractivity contribution < 1.29 is 0 Å². The Kier molecular flexibility index (Phi) is 3.50. The number of thioether (sulfide) groups is 1. The second-order valence-corrected chi connectivity index (χ2v) is 6.37. The Bertz CT molecular complexity index is 620. The van der Waals surface area contributed by atoms with Gasteiger partial charge in [0.2, 0.25) is 0 Å². The van der Waals surface area contributed by atoms with Gasteiger partial charge in [-0.25, -0.2) is 9.97 Å². The zero-order valence-corrected chi connectivity index (χ0v) is 12.6. The molecule has 4 heteroatoms. The first-order valence-electron chi connectivity index (χ1n) is 6.31. The Balaban J connectivity index is 1.93. The summed E-state index contributed by atoms with van der Waals surface area (Å²) in [5.74, 6) is 2.73. The van der Waals surface area contributed by atoms with E-state index in [-0.39, 0.29) is 0 Å². The van der Waals surface area contributed by atoms with Gasteiger partial charge < -0.3 is 0 Å². The quantitative estimate of drug-likeness (QED) is 0.779. The molecule has 1 aliphatic rings. The van der Waals surface area contributed by atoms with Crippen LogP contribution in [0.2, 0.25) is 5.15 Å². The maximum Gasteiger partial charge on any atom is 0.137 e. The summed E-state index contributed by atoms with van der Waals surface area (Å²) in [6.45, 7) is 4.23. The fourth-order valence-electron chi connectivity index (χ4n) is 2.49. The highest BCUT2D eigenvalue weighted by atomic mass is 35.5. The summed E-state index contributed by atoms with van der Waals surface area (Å²) in [5, 5.41) is 0.634. The van der Waals surface area contributed by atoms with Gasteiger partial charge in [0, 0.05) is 23.5 Å². The summed E-state index contributed by atoms with van der Waals surface area (Å²) in [6, 6.07) is 6.55. The summed E-state index contributed by atoms with van der Waals surface area (Å²) < 4.78 is 0. The molecular formula is C15H15ClN2S. The zero-order chi connectivity index (χ0) is 13.4. The van der Waals surface area contributed by atoms with E-state index < -0.39 is 0 Å². The maximum atomic E-state index is 6.24. The fraction of sp³-hybridized carbons (Fsp3) is 0.333. The largest absolute Gasteiger partial charge is 0.236 e. The van der Waals surface area contributed by atoms with Crippen LogP contribution >= 0.6 is 23.4 Å². The van der Waals surface area contributed by atoms with Crippen LogP contribution in [0.4, 0.5) is 0 Å². The van der Waals surface area contributed by atoms with Crippen LogP contribution in [0.3, 0.4) is 0 Å². The number of hydrogen-bond acceptors (Lipinski definition) is 3. The SMILES string of the molecule is Cc1cc(C)cc(Cc2nc(Cl)c3c(n2)CSC3)c1. The third-order valence-electron chi connectivity index (χ3n) is 3.22. The minimum absolute atomic E-state index is 0.634. The number of nitrogens with zero attached hydrogens (tertiary/aromatic N) is 2. The normalized spacial score (nSPS) is 13.6. The standard InChI is InChI=1S/C15H15ClN2S/c1-9-3-10(2)5-11(4-9)6-14-17-13-8-19-7-12(13)15(16)18-14/h3-5H,6-8H2,1-2H3. The van der Waals surface area contributed by atoms with Gasteiger partial charge in [0.25, 0.3) is 0 Å². The third-order valence-corrected chi connectivity index (χ3v) is 4.50. The minimum Gasteiger partial charge on any atom is -0.236 e. The second kappa shape index (κ2) is 5.14. The summed E-state index contributed by atoms with van der Waals surface area (Å²) in [5.41, 5.74) is 6.04. The number of benzene rings is 1. The smallest absolute Gasteiger partial charge is 0.137 e. The molecule has 0 amide bonds. The van der Waals surface area contributed by atoms with Gasteiger partial charge in [-0.05, 0) is 19.4 Å². The van der Waals surface area contributed by atoms with Crippen LogP contribution in [0.15, 0.2) is 18.2 Å². The third kappa shape index (κ3) is 2.77. The first kappa shape index (κ1) is 12.9. The molecule has 1 aromatic carbocycles. The van der Waals surface area contributed by atoms with Crippen molar-refractivity contribution in [2.75, 3.05) is 0 Å². The Morgan fingerprint density at radius 2 is 1.84 bits per heavy atom. The highest BCUT2D eigenvalue weighted by molar-refractivity contribution is 7.98. The van der Waals surface area contributed by atoms with Gasteiger partial charge in [-0.1, -0.05) is 40.9 Å². The van der Waals surface area contributed by atoms with Crippen molar-refractivity contribution in [1.29, 1.82) is 0 Å². The van der Waals surface area contributed by atoms with Crippen molar-refractivity contribution in [2.45, 2.75) is 31.8 Å². The van der Waals surface area contributed by atoms with E-state index in [1.807, 2.05) is 11.8 Å². The van der Waals surface area contributed by atoms with Crippen LogP contribution < -0.4 is 0 Å². The van der Waals surface area contributed by atoms with E-state index in [9.17, 15) is 0 Å². The van der Waals surface area contributed by atoms with Gasteiger partial charge in [-0.2, -0.15) is 11.8 Å². The van der Waals surface area contributed by atoms with Gasteiger partial charge in [-0.3, -0.25) is 0 Å². The van der Waals surface area contributed by atoms with Crippen LogP contribution in [-0.2, 0) is 17.9 Å². The number of aryl methyl sites for hydroxylation is 2. The van der Waals surface area contributed by atoms with Crippen LogP contribution in [0, 0.1) is 13.8 Å². The lowest BCUT2D eigenvalue weighted by Crippen LogP contribution is -2.02. The number of fused-ring (bicyclic) bond motifs is 1. The lowest BCUT2D eigenvalue weighted by Gasteiger charge is -2.07. The molecule has 2 nitrogen and oxygen atoms in total. The average Bonchev–Trinajstić information content (AvgIpc) is 2.75. The second-order valence-electron chi connectivity index (χ2n) is 5.02. The molecule has 1 aliphatic heterocycles. The summed E-state index contributed by atoms with van der Waals surface area (Å²) >= 11 is 8.09. The molecule has 0 spiro atoms. The molecule has 0 bridgehead atoms. The van der Waals surface area contributed by atoms with E-state index in [0.29, 0.717) is 5.15 Å². The van der Waals surface area contributed by atoms with Crippen LogP contribution in [-0.4, -0.2) is 9.97 Å². The monoisotopic (exact) mass is 290 g/mol. The Morgan fingerprint density at radius 3 is 2.58 bits per heavy atom. The lowest BCUT2D eigenvalue weighted by atomic mass is 10.0. The van der Waals surface area contributed by atoms with E-state index in [4.69, 9.17) is 11.6 Å². The molecule has 1 aromatic heterocycles. The van der Waals surface area contributed by atoms with Gasteiger partial charge >= 0.3 is 0 Å². The van der Waals surface area contributed by atoms with Crippen LogP contribution in [0.1, 0.15) is 33.8 Å². The first-order chi connectivity index (χ1) is 9.11. The van der Waals surface area contributed by atoms with Gasteiger partial charge in [-0.15, -0.1) is 0 Å². The molecular weight excluding hydrogens is 276 g/mol. The molecule has 2 aromatic rings. The van der Waals surface area contributed by atoms with E-state index in [1.165, 1.54) is 16.7 Å². The van der Waals surface area contributed by atoms with Crippen LogP contribution in [0.25, 0.3) is 0 Å². The summed E-state index contributed by atoms with van der Waals surface area (Å²) in [6.07, 6.45) is 0.750. The molecule has 0 radical (unpaired) electrons. The van der Waals surface area contributed by atoms with Crippen molar-refractivity contribution in [3.05, 3.63) is 57.1 Å². The number of rotatable bonds is 2. The molecule has 0 atom stereocenters. The predicted molar refractivity (Wildman–Crippen MR) is 80.8 cm³/mol. The van der Waals surface area contributed by atoms with Gasteiger partial charge in [0.1, 0.15) is 11.0 Å². The predicted octanol–water partition coefficient (Wildman–Crippen LogP) is 4.08. The van der Waals surface area contributed by atoms with E-state index in [2.05, 4.69) is 42.0 Å². The molecule has 0 aliphatic carbocycles. The molecule has 2 heterocycles. The lowest BCUT2D eigenvalue weighted by molar-refractivity contribution is 0.926.